The third-order valence-electron chi connectivity index (χ3n) is 8.47. The molecule has 0 bridgehead atoms. The van der Waals surface area contributed by atoms with E-state index >= 15 is 0 Å². The Balaban J connectivity index is 1.50. The number of benzene rings is 1. The van der Waals surface area contributed by atoms with Gasteiger partial charge in [-0.05, 0) is 71.4 Å². The molecule has 3 aliphatic rings. The van der Waals surface area contributed by atoms with Gasteiger partial charge in [-0.15, -0.1) is 0 Å². The first-order valence-electron chi connectivity index (χ1n) is 16.0. The van der Waals surface area contributed by atoms with Crippen LogP contribution in [0.2, 0.25) is 0 Å². The van der Waals surface area contributed by atoms with Gasteiger partial charge in [0.15, 0.2) is 0 Å². The van der Waals surface area contributed by atoms with Gasteiger partial charge >= 0.3 is 12.2 Å². The molecule has 4 N–H and O–H groups in total. The zero-order valence-corrected chi connectivity index (χ0v) is 27.1. The molecule has 0 unspecified atom stereocenters. The zero-order chi connectivity index (χ0) is 33.6. The van der Waals surface area contributed by atoms with Crippen LogP contribution in [0.1, 0.15) is 90.2 Å². The number of likely N-dealkylation sites (tertiary alicyclic amines) is 1. The summed E-state index contributed by atoms with van der Waals surface area (Å²) in [6, 6.07) is 2.55. The number of primary amides is 1. The largest absolute Gasteiger partial charge is 0.444 e. The first-order valence-corrected chi connectivity index (χ1v) is 16.0. The van der Waals surface area contributed by atoms with Gasteiger partial charge < -0.3 is 30.7 Å². The molecule has 1 saturated heterocycles. The second-order valence-electron chi connectivity index (χ2n) is 13.3. The van der Waals surface area contributed by atoms with Gasteiger partial charge in [-0.25, -0.2) is 14.0 Å². The van der Waals surface area contributed by atoms with Gasteiger partial charge in [0.25, 0.3) is 0 Å². The summed E-state index contributed by atoms with van der Waals surface area (Å²) in [4.78, 5) is 68.3. The Kier molecular flexibility index (Phi) is 10.9. The smallest absolute Gasteiger partial charge is 0.410 e. The number of amides is 5. The van der Waals surface area contributed by atoms with Crippen molar-refractivity contribution >= 4 is 29.9 Å². The van der Waals surface area contributed by atoms with Crippen molar-refractivity contribution in [3.8, 4) is 0 Å². The molecular weight excluding hydrogens is 597 g/mol. The average molecular weight is 644 g/mol. The van der Waals surface area contributed by atoms with Crippen molar-refractivity contribution in [3.63, 3.8) is 0 Å². The number of fused-ring (bicyclic) bond motifs is 1. The van der Waals surface area contributed by atoms with Crippen LogP contribution in [-0.2, 0) is 36.9 Å². The lowest BCUT2D eigenvalue weighted by molar-refractivity contribution is -0.141. The van der Waals surface area contributed by atoms with Gasteiger partial charge in [-0.3, -0.25) is 19.3 Å². The average Bonchev–Trinajstić information content (AvgIpc) is 3.42. The van der Waals surface area contributed by atoms with Crippen molar-refractivity contribution in [2.24, 2.45) is 5.73 Å². The second-order valence-corrected chi connectivity index (χ2v) is 13.3. The molecule has 2 fully saturated rings. The van der Waals surface area contributed by atoms with Gasteiger partial charge in [-0.1, -0.05) is 37.1 Å². The molecule has 1 aromatic carbocycles. The SMILES string of the molecule is C/C=C\CCCCC[C@H](NC(=O)OC(C)(C)C)C(=O)N1C[C@H](OC(=O)N2Cc3cccc(F)c3C2)C[C@H]1C(=O)NC1(C(N)=O)CC1. The van der Waals surface area contributed by atoms with Crippen LogP contribution >= 0.6 is 0 Å². The zero-order valence-electron chi connectivity index (χ0n) is 27.1. The molecule has 46 heavy (non-hydrogen) atoms. The lowest BCUT2D eigenvalue weighted by Gasteiger charge is -2.30. The maximum absolute atomic E-state index is 14.3. The standard InChI is InChI=1S/C33H46FN5O7/c1-5-6-7-8-9-10-14-25(36-30(43)46-32(2,3)4)28(41)39-19-22(17-26(39)27(40)37-33(15-16-33)29(35)42)45-31(44)38-18-21-12-11-13-24(34)23(21)20-38/h5-6,11-13,22,25-26H,7-10,14-20H2,1-4H3,(H2,35,42)(H,36,43)(H,37,40)/b6-5-/t22-,25+,26+/m1/s1. The van der Waals surface area contributed by atoms with Crippen LogP contribution in [0.3, 0.4) is 0 Å². The third kappa shape index (κ3) is 8.76. The van der Waals surface area contributed by atoms with E-state index in [4.69, 9.17) is 15.2 Å². The third-order valence-corrected chi connectivity index (χ3v) is 8.47. The molecule has 3 atom stereocenters. The van der Waals surface area contributed by atoms with Crippen LogP contribution in [-0.4, -0.2) is 75.6 Å². The summed E-state index contributed by atoms with van der Waals surface area (Å²) in [5, 5.41) is 5.39. The van der Waals surface area contributed by atoms with Crippen LogP contribution in [0.15, 0.2) is 30.4 Å². The Morgan fingerprint density at radius 1 is 1.13 bits per heavy atom. The Hall–Kier alpha value is -4.16. The number of nitrogens with one attached hydrogen (secondary N) is 2. The molecule has 2 aliphatic heterocycles. The number of halogens is 1. The number of carbonyl (C=O) groups excluding carboxylic acids is 5. The summed E-state index contributed by atoms with van der Waals surface area (Å²) < 4.78 is 25.5. The number of allylic oxidation sites excluding steroid dienone is 2. The predicted molar refractivity (Wildman–Crippen MR) is 166 cm³/mol. The number of unbranched alkanes of at least 4 members (excludes halogenated alkanes) is 3. The van der Waals surface area contributed by atoms with E-state index in [9.17, 15) is 28.4 Å². The van der Waals surface area contributed by atoms with Gasteiger partial charge in [0.2, 0.25) is 17.7 Å². The normalized spacial score (nSPS) is 20.6. The predicted octanol–water partition coefficient (Wildman–Crippen LogP) is 3.80. The first kappa shape index (κ1) is 34.7. The van der Waals surface area contributed by atoms with E-state index in [0.717, 1.165) is 19.3 Å². The van der Waals surface area contributed by atoms with E-state index in [1.54, 1.807) is 32.9 Å². The Morgan fingerprint density at radius 3 is 2.50 bits per heavy atom. The quantitative estimate of drug-likeness (QED) is 0.231. The molecule has 5 amide bonds. The fourth-order valence-corrected chi connectivity index (χ4v) is 5.84. The monoisotopic (exact) mass is 643 g/mol. The van der Waals surface area contributed by atoms with Crippen LogP contribution in [0.4, 0.5) is 14.0 Å². The minimum absolute atomic E-state index is 0.0319. The topological polar surface area (TPSA) is 160 Å². The highest BCUT2D eigenvalue weighted by Crippen LogP contribution is 2.36. The van der Waals surface area contributed by atoms with Crippen LogP contribution in [0.25, 0.3) is 0 Å². The molecule has 0 spiro atoms. The minimum atomic E-state index is -1.17. The molecule has 1 aliphatic carbocycles. The Bertz CT molecular complexity index is 1360. The molecule has 1 aromatic rings. The molecular formula is C33H46FN5O7. The van der Waals surface area contributed by atoms with Crippen LogP contribution in [0.5, 0.6) is 0 Å². The summed E-state index contributed by atoms with van der Waals surface area (Å²) in [5.74, 6) is -2.20. The number of alkyl carbamates (subject to hydrolysis) is 1. The second kappa shape index (κ2) is 14.5. The molecule has 2 heterocycles. The van der Waals surface area contributed by atoms with Gasteiger partial charge in [0, 0.05) is 18.5 Å². The van der Waals surface area contributed by atoms with Crippen molar-refractivity contribution in [3.05, 3.63) is 47.3 Å². The highest BCUT2D eigenvalue weighted by atomic mass is 19.1. The summed E-state index contributed by atoms with van der Waals surface area (Å²) >= 11 is 0. The van der Waals surface area contributed by atoms with Crippen molar-refractivity contribution in [1.29, 1.82) is 0 Å². The highest BCUT2D eigenvalue weighted by molar-refractivity contribution is 5.97. The lowest BCUT2D eigenvalue weighted by atomic mass is 10.0. The van der Waals surface area contributed by atoms with E-state index in [2.05, 4.69) is 16.7 Å². The summed E-state index contributed by atoms with van der Waals surface area (Å²) in [6.45, 7) is 7.18. The van der Waals surface area contributed by atoms with E-state index < -0.39 is 65.1 Å². The summed E-state index contributed by atoms with van der Waals surface area (Å²) in [7, 11) is 0. The number of nitrogens with two attached hydrogens (primary N) is 1. The van der Waals surface area contributed by atoms with Crippen LogP contribution in [0, 0.1) is 5.82 Å². The van der Waals surface area contributed by atoms with Crippen molar-refractivity contribution < 1.29 is 37.8 Å². The van der Waals surface area contributed by atoms with Gasteiger partial charge in [0.1, 0.15) is 35.1 Å². The molecule has 0 aromatic heterocycles. The Morgan fingerprint density at radius 2 is 1.87 bits per heavy atom. The number of hydrogen-bond donors (Lipinski definition) is 3. The first-order chi connectivity index (χ1) is 21.7. The fraction of sp³-hybridized carbons (Fsp3) is 0.606. The molecule has 252 valence electrons. The van der Waals surface area contributed by atoms with Crippen molar-refractivity contribution in [2.45, 2.75) is 121 Å². The number of nitrogens with zero attached hydrogens (tertiary/aromatic N) is 2. The lowest BCUT2D eigenvalue weighted by Crippen LogP contribution is -2.57. The summed E-state index contributed by atoms with van der Waals surface area (Å²) in [5.41, 5.74) is 4.66. The van der Waals surface area contributed by atoms with Crippen LogP contribution < -0.4 is 16.4 Å². The highest BCUT2D eigenvalue weighted by Gasteiger charge is 2.53. The van der Waals surface area contributed by atoms with Gasteiger partial charge in [-0.2, -0.15) is 0 Å². The number of ether oxygens (including phenoxy) is 2. The number of hydrogen-bond acceptors (Lipinski definition) is 7. The Labute approximate surface area is 269 Å². The summed E-state index contributed by atoms with van der Waals surface area (Å²) in [6.07, 6.45) is 5.98. The van der Waals surface area contributed by atoms with E-state index in [-0.39, 0.29) is 26.1 Å². The molecule has 12 nitrogen and oxygen atoms in total. The maximum atomic E-state index is 14.3. The van der Waals surface area contributed by atoms with E-state index in [0.29, 0.717) is 36.8 Å². The number of rotatable bonds is 12. The molecule has 0 radical (unpaired) electrons. The molecule has 13 heteroatoms. The van der Waals surface area contributed by atoms with E-state index in [1.165, 1.54) is 15.9 Å². The maximum Gasteiger partial charge on any atom is 0.410 e. The van der Waals surface area contributed by atoms with Gasteiger partial charge in [0.05, 0.1) is 13.1 Å². The van der Waals surface area contributed by atoms with Crippen molar-refractivity contribution in [2.75, 3.05) is 6.54 Å². The number of carbonyl (C=O) groups is 5. The molecule has 4 rings (SSSR count). The van der Waals surface area contributed by atoms with E-state index in [1.807, 2.05) is 13.0 Å². The van der Waals surface area contributed by atoms with Crippen molar-refractivity contribution in [1.82, 2.24) is 20.4 Å². The minimum Gasteiger partial charge on any atom is -0.444 e. The molecule has 1 saturated carbocycles. The fourth-order valence-electron chi connectivity index (χ4n) is 5.84.